The van der Waals surface area contributed by atoms with Gasteiger partial charge in [0.25, 0.3) is 0 Å². The molecule has 1 aromatic rings. The largest absolute Gasteiger partial charge is 0.478 e. The van der Waals surface area contributed by atoms with Crippen LogP contribution >= 0.6 is 23.4 Å². The number of carboxylic acid groups (broad SMARTS) is 1. The smallest absolute Gasteiger partial charge is 0.340 e. The summed E-state index contributed by atoms with van der Waals surface area (Å²) in [5.41, 5.74) is 1.15. The van der Waals surface area contributed by atoms with E-state index in [9.17, 15) is 4.79 Å². The first-order valence-electron chi connectivity index (χ1n) is 3.73. The highest BCUT2D eigenvalue weighted by atomic mass is 35.5. The van der Waals surface area contributed by atoms with Crippen LogP contribution in [0.15, 0.2) is 11.1 Å². The number of carbonyl (C=O) groups is 1. The third-order valence-electron chi connectivity index (χ3n) is 1.89. The molecule has 1 aliphatic heterocycles. The fourth-order valence-electron chi connectivity index (χ4n) is 1.30. The lowest BCUT2D eigenvalue weighted by molar-refractivity contribution is 0.0692. The zero-order valence-electron chi connectivity index (χ0n) is 6.58. The first-order chi connectivity index (χ1) is 6.20. The maximum Gasteiger partial charge on any atom is 0.340 e. The molecule has 68 valence electrons. The molecule has 2 heterocycles. The highest BCUT2D eigenvalue weighted by Gasteiger charge is 2.23. The summed E-state index contributed by atoms with van der Waals surface area (Å²) in [7, 11) is 0. The van der Waals surface area contributed by atoms with Crippen LogP contribution in [-0.2, 0) is 6.42 Å². The zero-order valence-corrected chi connectivity index (χ0v) is 8.15. The Morgan fingerprint density at radius 2 is 2.46 bits per heavy atom. The minimum Gasteiger partial charge on any atom is -0.478 e. The Morgan fingerprint density at radius 1 is 1.69 bits per heavy atom. The summed E-state index contributed by atoms with van der Waals surface area (Å²) >= 11 is 7.23. The topological polar surface area (TPSA) is 50.2 Å². The number of aromatic nitrogens is 1. The number of hydrogen-bond acceptors (Lipinski definition) is 3. The molecule has 0 bridgehead atoms. The van der Waals surface area contributed by atoms with Gasteiger partial charge in [-0.1, -0.05) is 11.6 Å². The van der Waals surface area contributed by atoms with Gasteiger partial charge in [-0.2, -0.15) is 0 Å². The summed E-state index contributed by atoms with van der Waals surface area (Å²) in [6.07, 6.45) is 2.54. The van der Waals surface area contributed by atoms with Crippen LogP contribution in [0, 0.1) is 0 Å². The van der Waals surface area contributed by atoms with Gasteiger partial charge in [0, 0.05) is 16.8 Å². The number of aryl methyl sites for hydroxylation is 1. The van der Waals surface area contributed by atoms with Crippen molar-refractivity contribution >= 4 is 29.3 Å². The molecule has 1 N–H and O–H groups in total. The fourth-order valence-corrected chi connectivity index (χ4v) is 2.78. The molecule has 0 saturated heterocycles. The van der Waals surface area contributed by atoms with E-state index in [4.69, 9.17) is 16.7 Å². The quantitative estimate of drug-likeness (QED) is 0.729. The van der Waals surface area contributed by atoms with Gasteiger partial charge in [-0.25, -0.2) is 9.78 Å². The number of halogens is 1. The van der Waals surface area contributed by atoms with E-state index in [0.29, 0.717) is 0 Å². The Kier molecular flexibility index (Phi) is 2.17. The second-order valence-electron chi connectivity index (χ2n) is 2.68. The molecule has 1 aliphatic rings. The highest BCUT2D eigenvalue weighted by molar-refractivity contribution is 7.99. The number of fused-ring (bicyclic) bond motifs is 1. The van der Waals surface area contributed by atoms with Crippen LogP contribution in [-0.4, -0.2) is 21.8 Å². The maximum absolute atomic E-state index is 10.8. The van der Waals surface area contributed by atoms with Crippen LogP contribution in [0.2, 0.25) is 5.15 Å². The number of rotatable bonds is 1. The fraction of sp³-hybridized carbons (Fsp3) is 0.250. The van der Waals surface area contributed by atoms with Crippen molar-refractivity contribution in [2.45, 2.75) is 11.3 Å². The molecule has 0 aliphatic carbocycles. The Labute approximate surface area is 84.1 Å². The number of pyridine rings is 1. The second kappa shape index (κ2) is 3.20. The Hall–Kier alpha value is -0.740. The lowest BCUT2D eigenvalue weighted by atomic mass is 10.2. The number of carboxylic acids is 1. The van der Waals surface area contributed by atoms with Crippen molar-refractivity contribution in [2.75, 3.05) is 5.75 Å². The predicted octanol–water partition coefficient (Wildman–Crippen LogP) is 2.08. The van der Waals surface area contributed by atoms with E-state index in [1.165, 1.54) is 11.8 Å². The predicted molar refractivity (Wildman–Crippen MR) is 50.6 cm³/mol. The molecule has 13 heavy (non-hydrogen) atoms. The van der Waals surface area contributed by atoms with Crippen LogP contribution in [0.1, 0.15) is 15.9 Å². The van der Waals surface area contributed by atoms with Gasteiger partial charge in [0.15, 0.2) is 0 Å². The molecule has 1 aromatic heterocycles. The molecule has 5 heteroatoms. The van der Waals surface area contributed by atoms with Gasteiger partial charge < -0.3 is 5.11 Å². The van der Waals surface area contributed by atoms with Crippen molar-refractivity contribution in [2.24, 2.45) is 0 Å². The summed E-state index contributed by atoms with van der Waals surface area (Å²) in [6.45, 7) is 0. The molecular formula is C8H6ClNO2S. The summed E-state index contributed by atoms with van der Waals surface area (Å²) in [6, 6.07) is 0. The molecule has 0 amide bonds. The molecule has 3 nitrogen and oxygen atoms in total. The van der Waals surface area contributed by atoms with Crippen LogP contribution in [0.25, 0.3) is 0 Å². The van der Waals surface area contributed by atoms with E-state index >= 15 is 0 Å². The van der Waals surface area contributed by atoms with Crippen molar-refractivity contribution in [3.63, 3.8) is 0 Å². The van der Waals surface area contributed by atoms with E-state index in [0.717, 1.165) is 22.6 Å². The highest BCUT2D eigenvalue weighted by Crippen LogP contribution is 2.36. The van der Waals surface area contributed by atoms with Crippen molar-refractivity contribution < 1.29 is 9.90 Å². The molecule has 0 atom stereocenters. The number of aromatic carboxylic acids is 1. The lowest BCUT2D eigenvalue weighted by Crippen LogP contribution is -2.02. The molecular weight excluding hydrogens is 210 g/mol. The van der Waals surface area contributed by atoms with Gasteiger partial charge >= 0.3 is 5.97 Å². The first kappa shape index (κ1) is 8.84. The van der Waals surface area contributed by atoms with Crippen LogP contribution in [0.3, 0.4) is 0 Å². The molecule has 0 unspecified atom stereocenters. The van der Waals surface area contributed by atoms with E-state index in [1.807, 2.05) is 0 Å². The average molecular weight is 216 g/mol. The van der Waals surface area contributed by atoms with Crippen LogP contribution < -0.4 is 0 Å². The number of thioether (sulfide) groups is 1. The molecule has 0 spiro atoms. The average Bonchev–Trinajstić information content (AvgIpc) is 2.50. The van der Waals surface area contributed by atoms with Crippen LogP contribution in [0.4, 0.5) is 0 Å². The van der Waals surface area contributed by atoms with E-state index in [2.05, 4.69) is 4.98 Å². The van der Waals surface area contributed by atoms with Gasteiger partial charge in [0.05, 0.1) is 0 Å². The Balaban J connectivity index is 2.65. The van der Waals surface area contributed by atoms with E-state index < -0.39 is 5.97 Å². The molecule has 0 fully saturated rings. The van der Waals surface area contributed by atoms with Gasteiger partial charge in [0.2, 0.25) is 0 Å². The van der Waals surface area contributed by atoms with Gasteiger partial charge in [-0.3, -0.25) is 0 Å². The van der Waals surface area contributed by atoms with Gasteiger partial charge in [-0.15, -0.1) is 11.8 Å². The summed E-state index contributed by atoms with van der Waals surface area (Å²) in [5.74, 6) is -0.0822. The van der Waals surface area contributed by atoms with Crippen molar-refractivity contribution in [3.05, 3.63) is 22.5 Å². The minimum atomic E-state index is -0.997. The number of hydrogen-bond donors (Lipinski definition) is 1. The number of nitrogens with zero attached hydrogens (tertiary/aromatic N) is 1. The van der Waals surface area contributed by atoms with Crippen molar-refractivity contribution in [1.29, 1.82) is 0 Å². The maximum atomic E-state index is 10.8. The molecule has 0 aromatic carbocycles. The molecule has 0 saturated carbocycles. The van der Waals surface area contributed by atoms with Gasteiger partial charge in [-0.05, 0) is 12.0 Å². The normalized spacial score (nSPS) is 14.2. The van der Waals surface area contributed by atoms with Crippen molar-refractivity contribution in [3.8, 4) is 0 Å². The SMILES string of the molecule is O=C(O)c1c(Cl)ncc2c1SCC2. The standard InChI is InChI=1S/C8H6ClNO2S/c9-7-5(8(11)12)6-4(3-10-7)1-2-13-6/h3H,1-2H2,(H,11,12). The van der Waals surface area contributed by atoms with E-state index in [-0.39, 0.29) is 10.7 Å². The van der Waals surface area contributed by atoms with E-state index in [1.54, 1.807) is 6.20 Å². The summed E-state index contributed by atoms with van der Waals surface area (Å²) in [4.78, 5) is 15.5. The monoisotopic (exact) mass is 215 g/mol. The lowest BCUT2D eigenvalue weighted by Gasteiger charge is -2.03. The van der Waals surface area contributed by atoms with Gasteiger partial charge in [0.1, 0.15) is 10.7 Å². The third-order valence-corrected chi connectivity index (χ3v) is 3.34. The minimum absolute atomic E-state index is 0.0839. The first-order valence-corrected chi connectivity index (χ1v) is 5.10. The Bertz CT molecular complexity index is 381. The summed E-state index contributed by atoms with van der Waals surface area (Å²) < 4.78 is 0. The Morgan fingerprint density at radius 3 is 3.15 bits per heavy atom. The second-order valence-corrected chi connectivity index (χ2v) is 4.15. The zero-order chi connectivity index (χ0) is 9.42. The molecule has 2 rings (SSSR count). The van der Waals surface area contributed by atoms with Crippen molar-refractivity contribution in [1.82, 2.24) is 4.98 Å². The van der Waals surface area contributed by atoms with Crippen LogP contribution in [0.5, 0.6) is 0 Å². The third kappa shape index (κ3) is 1.40. The molecule has 0 radical (unpaired) electrons. The summed E-state index contributed by atoms with van der Waals surface area (Å²) in [5, 5.41) is 8.98.